The van der Waals surface area contributed by atoms with Gasteiger partial charge in [-0.3, -0.25) is 9.78 Å². The van der Waals surface area contributed by atoms with E-state index in [0.29, 0.717) is 23.8 Å². The number of carbonyl (C=O) groups excluding carboxylic acids is 1. The molecule has 1 unspecified atom stereocenters. The van der Waals surface area contributed by atoms with Gasteiger partial charge in [0.15, 0.2) is 23.7 Å². The number of hydrogen-bond acceptors (Lipinski definition) is 13. The van der Waals surface area contributed by atoms with Crippen LogP contribution in [0, 0.1) is 5.82 Å². The standard InChI is InChI=1S/C27H32ClFN6O8/c1-41-19-12-33-24(15-10-14(28)2-3-17(15)29)35-25(19)34-18-4-5-31-11-16(18)26(40)32-7-6-30-8-9-42-27-23(39)22(38)21(37)20(13-36)43-27/h2-5,10-12,20-23,27,30,36-39H,6-9,13H2,1H3,(H,32,40)(H,31,33,34,35)/t20-,21-,22+,23-,27?/m0/s1. The van der Waals surface area contributed by atoms with Gasteiger partial charge in [-0.1, -0.05) is 11.6 Å². The van der Waals surface area contributed by atoms with E-state index in [0.717, 1.165) is 0 Å². The number of methoxy groups -OCH3 is 1. The molecule has 2 aromatic heterocycles. The Morgan fingerprint density at radius 3 is 2.70 bits per heavy atom. The maximum atomic E-state index is 14.4. The van der Waals surface area contributed by atoms with Crippen LogP contribution >= 0.6 is 11.6 Å². The summed E-state index contributed by atoms with van der Waals surface area (Å²) in [6.45, 7) is 0.444. The van der Waals surface area contributed by atoms with E-state index in [9.17, 15) is 29.6 Å². The third-order valence-electron chi connectivity index (χ3n) is 6.46. The zero-order chi connectivity index (χ0) is 30.9. The number of carbonyl (C=O) groups is 1. The third kappa shape index (κ3) is 8.10. The zero-order valence-electron chi connectivity index (χ0n) is 23.0. The lowest BCUT2D eigenvalue weighted by Crippen LogP contribution is -2.59. The van der Waals surface area contributed by atoms with E-state index in [1.54, 1.807) is 6.07 Å². The number of aromatic nitrogens is 3. The molecule has 1 aliphatic rings. The van der Waals surface area contributed by atoms with E-state index in [1.165, 1.54) is 43.9 Å². The molecule has 1 amide bonds. The summed E-state index contributed by atoms with van der Waals surface area (Å²) in [4.78, 5) is 25.5. The van der Waals surface area contributed by atoms with Gasteiger partial charge in [-0.05, 0) is 24.3 Å². The smallest absolute Gasteiger partial charge is 0.255 e. The lowest BCUT2D eigenvalue weighted by atomic mass is 9.99. The summed E-state index contributed by atoms with van der Waals surface area (Å²) < 4.78 is 30.5. The molecule has 232 valence electrons. The van der Waals surface area contributed by atoms with Gasteiger partial charge >= 0.3 is 0 Å². The molecule has 1 fully saturated rings. The number of hydrogen-bond donors (Lipinski definition) is 7. The molecule has 1 aliphatic heterocycles. The van der Waals surface area contributed by atoms with E-state index in [4.69, 9.17) is 25.8 Å². The number of rotatable bonds is 13. The Balaban J connectivity index is 1.30. The maximum Gasteiger partial charge on any atom is 0.255 e. The predicted octanol–water partition coefficient (Wildman–Crippen LogP) is 0.219. The van der Waals surface area contributed by atoms with Crippen molar-refractivity contribution in [3.63, 3.8) is 0 Å². The minimum absolute atomic E-state index is 0.0601. The van der Waals surface area contributed by atoms with E-state index in [-0.39, 0.29) is 41.7 Å². The van der Waals surface area contributed by atoms with Crippen LogP contribution in [0.15, 0.2) is 42.9 Å². The van der Waals surface area contributed by atoms with Gasteiger partial charge in [0.05, 0.1) is 43.3 Å². The van der Waals surface area contributed by atoms with Crippen molar-refractivity contribution in [3.05, 3.63) is 59.3 Å². The van der Waals surface area contributed by atoms with Crippen LogP contribution in [0.3, 0.4) is 0 Å². The van der Waals surface area contributed by atoms with Crippen LogP contribution < -0.4 is 20.7 Å². The number of anilines is 2. The molecular weight excluding hydrogens is 591 g/mol. The summed E-state index contributed by atoms with van der Waals surface area (Å²) in [5.41, 5.74) is 0.671. The summed E-state index contributed by atoms with van der Waals surface area (Å²) in [7, 11) is 1.42. The molecule has 0 saturated carbocycles. The van der Waals surface area contributed by atoms with Crippen molar-refractivity contribution in [1.82, 2.24) is 25.6 Å². The molecule has 4 rings (SSSR count). The van der Waals surface area contributed by atoms with Crippen molar-refractivity contribution < 1.29 is 43.8 Å². The maximum absolute atomic E-state index is 14.4. The molecule has 14 nitrogen and oxygen atoms in total. The Kier molecular flexibility index (Phi) is 11.5. The van der Waals surface area contributed by atoms with Gasteiger partial charge in [-0.2, -0.15) is 0 Å². The topological polar surface area (TPSA) is 200 Å². The molecular formula is C27H32ClFN6O8. The average Bonchev–Trinajstić information content (AvgIpc) is 3.01. The Morgan fingerprint density at radius 2 is 1.93 bits per heavy atom. The minimum atomic E-state index is -1.52. The van der Waals surface area contributed by atoms with Crippen LogP contribution in [0.1, 0.15) is 10.4 Å². The summed E-state index contributed by atoms with van der Waals surface area (Å²) >= 11 is 6.02. The second kappa shape index (κ2) is 15.3. The van der Waals surface area contributed by atoms with Gasteiger partial charge < -0.3 is 50.6 Å². The van der Waals surface area contributed by atoms with Crippen molar-refractivity contribution in [2.24, 2.45) is 0 Å². The Morgan fingerprint density at radius 1 is 1.12 bits per heavy atom. The van der Waals surface area contributed by atoms with Gasteiger partial charge in [0.1, 0.15) is 30.2 Å². The van der Waals surface area contributed by atoms with Crippen LogP contribution in [-0.2, 0) is 9.47 Å². The number of nitrogens with zero attached hydrogens (tertiary/aromatic N) is 3. The summed E-state index contributed by atoms with van der Waals surface area (Å²) in [6, 6.07) is 5.61. The Bertz CT molecular complexity index is 1390. The first-order valence-corrected chi connectivity index (χ1v) is 13.6. The van der Waals surface area contributed by atoms with Gasteiger partial charge in [0.2, 0.25) is 0 Å². The molecule has 0 radical (unpaired) electrons. The van der Waals surface area contributed by atoms with E-state index in [1.807, 2.05) is 0 Å². The predicted molar refractivity (Wildman–Crippen MR) is 151 cm³/mol. The number of ether oxygens (including phenoxy) is 3. The number of amides is 1. The molecule has 5 atom stereocenters. The molecule has 1 saturated heterocycles. The van der Waals surface area contributed by atoms with Crippen molar-refractivity contribution >= 4 is 29.0 Å². The van der Waals surface area contributed by atoms with Gasteiger partial charge in [0.25, 0.3) is 5.91 Å². The fourth-order valence-corrected chi connectivity index (χ4v) is 4.33. The molecule has 16 heteroatoms. The first-order valence-electron chi connectivity index (χ1n) is 13.2. The summed E-state index contributed by atoms with van der Waals surface area (Å²) in [6.07, 6.45) is -2.49. The van der Waals surface area contributed by atoms with Crippen LogP contribution in [0.5, 0.6) is 5.75 Å². The van der Waals surface area contributed by atoms with E-state index in [2.05, 4.69) is 30.9 Å². The molecule has 0 spiro atoms. The second-order valence-corrected chi connectivity index (χ2v) is 9.79. The molecule has 7 N–H and O–H groups in total. The van der Waals surface area contributed by atoms with Crippen molar-refractivity contribution in [2.75, 3.05) is 45.3 Å². The zero-order valence-corrected chi connectivity index (χ0v) is 23.7. The fourth-order valence-electron chi connectivity index (χ4n) is 4.16. The summed E-state index contributed by atoms with van der Waals surface area (Å²) in [5, 5.41) is 48.1. The van der Waals surface area contributed by atoms with E-state index >= 15 is 0 Å². The van der Waals surface area contributed by atoms with Crippen molar-refractivity contribution in [2.45, 2.75) is 30.7 Å². The van der Waals surface area contributed by atoms with Crippen LogP contribution in [0.2, 0.25) is 5.02 Å². The molecule has 0 bridgehead atoms. The number of nitrogens with one attached hydrogen (secondary N) is 3. The number of aliphatic hydroxyl groups excluding tert-OH is 4. The van der Waals surface area contributed by atoms with Gasteiger partial charge in [-0.25, -0.2) is 14.4 Å². The van der Waals surface area contributed by atoms with Crippen molar-refractivity contribution in [3.8, 4) is 17.1 Å². The molecule has 3 aromatic rings. The highest BCUT2D eigenvalue weighted by molar-refractivity contribution is 6.30. The van der Waals surface area contributed by atoms with Crippen LogP contribution in [-0.4, -0.2) is 112 Å². The second-order valence-electron chi connectivity index (χ2n) is 9.35. The van der Waals surface area contributed by atoms with Gasteiger partial charge in [0, 0.05) is 37.1 Å². The first-order chi connectivity index (χ1) is 20.7. The fraction of sp³-hybridized carbons (Fsp3) is 0.407. The number of pyridine rings is 1. The highest BCUT2D eigenvalue weighted by Crippen LogP contribution is 2.30. The average molecular weight is 623 g/mol. The number of halogens is 2. The minimum Gasteiger partial charge on any atom is -0.491 e. The third-order valence-corrected chi connectivity index (χ3v) is 6.70. The van der Waals surface area contributed by atoms with Crippen LogP contribution in [0.4, 0.5) is 15.9 Å². The lowest BCUT2D eigenvalue weighted by molar-refractivity contribution is -0.300. The van der Waals surface area contributed by atoms with Crippen LogP contribution in [0.25, 0.3) is 11.4 Å². The molecule has 1 aromatic carbocycles. The van der Waals surface area contributed by atoms with Gasteiger partial charge in [-0.15, -0.1) is 0 Å². The van der Waals surface area contributed by atoms with E-state index < -0.39 is 49.0 Å². The summed E-state index contributed by atoms with van der Waals surface area (Å²) in [5.74, 6) is -0.481. The van der Waals surface area contributed by atoms with Crippen molar-refractivity contribution in [1.29, 1.82) is 0 Å². The normalized spacial score (nSPS) is 21.8. The Labute approximate surface area is 250 Å². The monoisotopic (exact) mass is 622 g/mol. The number of benzene rings is 1. The first kappa shape index (κ1) is 32.4. The molecule has 0 aliphatic carbocycles. The quantitative estimate of drug-likeness (QED) is 0.128. The highest BCUT2D eigenvalue weighted by atomic mass is 35.5. The SMILES string of the molecule is COc1cnc(-c2cc(Cl)ccc2F)nc1Nc1ccncc1C(=O)NCCNCCOC1O[C@@H](CO)[C@H](O)[C@@H](O)[C@@H]1O. The largest absolute Gasteiger partial charge is 0.491 e. The lowest BCUT2D eigenvalue weighted by Gasteiger charge is -2.39. The number of aliphatic hydroxyl groups is 4. The highest BCUT2D eigenvalue weighted by Gasteiger charge is 2.43. The molecule has 3 heterocycles. The Hall–Kier alpha value is -3.54. The molecule has 43 heavy (non-hydrogen) atoms.